The number of hydrogen-bond donors (Lipinski definition) is 2. The van der Waals surface area contributed by atoms with Crippen molar-refractivity contribution in [1.82, 2.24) is 0 Å². The number of halogens is 1. The van der Waals surface area contributed by atoms with Crippen LogP contribution in [0.3, 0.4) is 0 Å². The summed E-state index contributed by atoms with van der Waals surface area (Å²) in [7, 11) is 0. The van der Waals surface area contributed by atoms with Gasteiger partial charge in [-0.3, -0.25) is 14.4 Å². The number of nitrogens with zero attached hydrogens (tertiary/aromatic N) is 1. The summed E-state index contributed by atoms with van der Waals surface area (Å²) in [5.41, 5.74) is 3.21. The number of rotatable bonds is 5. The first-order valence-electron chi connectivity index (χ1n) is 10.2. The van der Waals surface area contributed by atoms with Crippen LogP contribution in [-0.2, 0) is 9.59 Å². The molecule has 1 heterocycles. The molecule has 3 amide bonds. The van der Waals surface area contributed by atoms with Gasteiger partial charge in [-0.1, -0.05) is 23.8 Å². The Hall–Kier alpha value is -4.00. The zero-order valence-electron chi connectivity index (χ0n) is 17.5. The van der Waals surface area contributed by atoms with E-state index < -0.39 is 11.7 Å². The number of nitrogens with one attached hydrogen (secondary N) is 2. The summed E-state index contributed by atoms with van der Waals surface area (Å²) in [4.78, 5) is 39.3. The lowest BCUT2D eigenvalue weighted by Crippen LogP contribution is -2.28. The normalized spacial score (nSPS) is 15.5. The van der Waals surface area contributed by atoms with Crippen LogP contribution in [0.25, 0.3) is 0 Å². The van der Waals surface area contributed by atoms with Crippen molar-refractivity contribution < 1.29 is 18.8 Å². The van der Waals surface area contributed by atoms with Gasteiger partial charge in [0.1, 0.15) is 5.82 Å². The molecule has 2 N–H and O–H groups in total. The lowest BCUT2D eigenvalue weighted by atomic mass is 10.1. The van der Waals surface area contributed by atoms with E-state index in [9.17, 15) is 18.8 Å². The molecule has 0 spiro atoms. The van der Waals surface area contributed by atoms with Gasteiger partial charge in [0.2, 0.25) is 11.8 Å². The van der Waals surface area contributed by atoms with Crippen molar-refractivity contribution in [2.24, 2.45) is 5.92 Å². The van der Waals surface area contributed by atoms with Crippen molar-refractivity contribution >= 4 is 34.8 Å². The molecular weight excluding hydrogens is 409 g/mol. The van der Waals surface area contributed by atoms with Crippen molar-refractivity contribution in [2.45, 2.75) is 13.3 Å². The first kappa shape index (κ1) is 21.2. The van der Waals surface area contributed by atoms with E-state index in [2.05, 4.69) is 10.6 Å². The van der Waals surface area contributed by atoms with E-state index in [-0.39, 0.29) is 30.7 Å². The smallest absolute Gasteiger partial charge is 0.255 e. The molecule has 3 aromatic rings. The molecule has 1 fully saturated rings. The molecule has 6 nitrogen and oxygen atoms in total. The highest BCUT2D eigenvalue weighted by Crippen LogP contribution is 2.27. The molecule has 7 heteroatoms. The Morgan fingerprint density at radius 3 is 2.31 bits per heavy atom. The molecule has 4 rings (SSSR count). The molecule has 1 saturated heterocycles. The lowest BCUT2D eigenvalue weighted by Gasteiger charge is -2.18. The minimum atomic E-state index is -0.544. The van der Waals surface area contributed by atoms with Gasteiger partial charge in [0.25, 0.3) is 5.91 Å². The van der Waals surface area contributed by atoms with Crippen LogP contribution in [0.5, 0.6) is 0 Å². The van der Waals surface area contributed by atoms with Crippen LogP contribution in [0.2, 0.25) is 0 Å². The summed E-state index contributed by atoms with van der Waals surface area (Å²) in [5.74, 6) is -1.72. The summed E-state index contributed by atoms with van der Waals surface area (Å²) in [6.45, 7) is 2.17. The van der Waals surface area contributed by atoms with Crippen LogP contribution in [-0.4, -0.2) is 24.3 Å². The Balaban J connectivity index is 1.43. The summed E-state index contributed by atoms with van der Waals surface area (Å²) in [6, 6.07) is 19.7. The zero-order chi connectivity index (χ0) is 22.7. The first-order valence-corrected chi connectivity index (χ1v) is 10.2. The van der Waals surface area contributed by atoms with Crippen molar-refractivity contribution in [3.63, 3.8) is 0 Å². The number of aryl methyl sites for hydroxylation is 1. The van der Waals surface area contributed by atoms with Gasteiger partial charge in [-0.05, 0) is 61.5 Å². The van der Waals surface area contributed by atoms with Crippen molar-refractivity contribution in [1.29, 1.82) is 0 Å². The van der Waals surface area contributed by atoms with E-state index >= 15 is 0 Å². The van der Waals surface area contributed by atoms with Crippen molar-refractivity contribution in [2.75, 3.05) is 22.1 Å². The molecule has 0 aliphatic carbocycles. The molecule has 32 heavy (non-hydrogen) atoms. The molecule has 0 bridgehead atoms. The van der Waals surface area contributed by atoms with Gasteiger partial charge < -0.3 is 15.5 Å². The van der Waals surface area contributed by atoms with Gasteiger partial charge in [-0.15, -0.1) is 0 Å². The lowest BCUT2D eigenvalue weighted by molar-refractivity contribution is -0.122. The second-order valence-electron chi connectivity index (χ2n) is 7.77. The average Bonchev–Trinajstić information content (AvgIpc) is 3.19. The summed E-state index contributed by atoms with van der Waals surface area (Å²) < 4.78 is 13.1. The summed E-state index contributed by atoms with van der Waals surface area (Å²) in [6.07, 6.45) is 0.0623. The van der Waals surface area contributed by atoms with E-state index in [4.69, 9.17) is 0 Å². The standard InChI is InChI=1S/C25H22FN3O3/c1-16-5-9-20(10-6-16)27-24(31)17-3-2-4-22(13-17)29-15-18(14-23(29)30)25(32)28-21-11-7-19(26)8-12-21/h2-13,18H,14-15H2,1H3,(H,27,31)(H,28,32)/t18-/m0/s1. The van der Waals surface area contributed by atoms with Crippen LogP contribution < -0.4 is 15.5 Å². The van der Waals surface area contributed by atoms with Gasteiger partial charge in [-0.2, -0.15) is 0 Å². The highest BCUT2D eigenvalue weighted by molar-refractivity contribution is 6.07. The number of amides is 3. The third-order valence-electron chi connectivity index (χ3n) is 5.34. The Morgan fingerprint density at radius 1 is 0.938 bits per heavy atom. The maximum Gasteiger partial charge on any atom is 0.255 e. The predicted octanol–water partition coefficient (Wildman–Crippen LogP) is 4.38. The van der Waals surface area contributed by atoms with Crippen LogP contribution in [0, 0.1) is 18.7 Å². The van der Waals surface area contributed by atoms with Crippen LogP contribution in [0.15, 0.2) is 72.8 Å². The average molecular weight is 431 g/mol. The second-order valence-corrected chi connectivity index (χ2v) is 7.77. The number of hydrogen-bond acceptors (Lipinski definition) is 3. The summed E-state index contributed by atoms with van der Waals surface area (Å²) >= 11 is 0. The minimum absolute atomic E-state index is 0.0623. The SMILES string of the molecule is Cc1ccc(NC(=O)c2cccc(N3C[C@@H](C(=O)Nc4ccc(F)cc4)CC3=O)c2)cc1. The van der Waals surface area contributed by atoms with E-state index in [0.29, 0.717) is 22.6 Å². The van der Waals surface area contributed by atoms with Gasteiger partial charge in [0, 0.05) is 35.6 Å². The van der Waals surface area contributed by atoms with Crippen LogP contribution in [0.4, 0.5) is 21.5 Å². The number of benzene rings is 3. The second kappa shape index (κ2) is 9.01. The highest BCUT2D eigenvalue weighted by atomic mass is 19.1. The fourth-order valence-electron chi connectivity index (χ4n) is 3.57. The number of carbonyl (C=O) groups excluding carboxylic acids is 3. The summed E-state index contributed by atoms with van der Waals surface area (Å²) in [5, 5.41) is 5.56. The number of carbonyl (C=O) groups is 3. The Kier molecular flexibility index (Phi) is 5.98. The van der Waals surface area contributed by atoms with E-state index in [1.165, 1.54) is 29.2 Å². The van der Waals surface area contributed by atoms with Gasteiger partial charge in [0.15, 0.2) is 0 Å². The molecule has 1 atom stereocenters. The maximum absolute atomic E-state index is 13.1. The molecule has 0 aromatic heterocycles. The quantitative estimate of drug-likeness (QED) is 0.629. The van der Waals surface area contributed by atoms with Gasteiger partial charge >= 0.3 is 0 Å². The van der Waals surface area contributed by atoms with E-state index in [0.717, 1.165) is 5.56 Å². The Morgan fingerprint density at radius 2 is 1.59 bits per heavy atom. The monoisotopic (exact) mass is 431 g/mol. The fourth-order valence-corrected chi connectivity index (χ4v) is 3.57. The predicted molar refractivity (Wildman–Crippen MR) is 121 cm³/mol. The molecule has 1 aliphatic heterocycles. The first-order chi connectivity index (χ1) is 15.4. The molecule has 0 saturated carbocycles. The Bertz CT molecular complexity index is 1160. The van der Waals surface area contributed by atoms with Crippen molar-refractivity contribution in [3.8, 4) is 0 Å². The molecule has 3 aromatic carbocycles. The van der Waals surface area contributed by atoms with E-state index in [1.807, 2.05) is 31.2 Å². The van der Waals surface area contributed by atoms with Crippen LogP contribution in [0.1, 0.15) is 22.3 Å². The largest absolute Gasteiger partial charge is 0.326 e. The molecule has 0 radical (unpaired) electrons. The fraction of sp³-hybridized carbons (Fsp3) is 0.160. The number of anilines is 3. The van der Waals surface area contributed by atoms with E-state index in [1.54, 1.807) is 24.3 Å². The highest BCUT2D eigenvalue weighted by Gasteiger charge is 2.35. The minimum Gasteiger partial charge on any atom is -0.326 e. The third kappa shape index (κ3) is 4.83. The van der Waals surface area contributed by atoms with Gasteiger partial charge in [0.05, 0.1) is 5.92 Å². The molecular formula is C25H22FN3O3. The zero-order valence-corrected chi connectivity index (χ0v) is 17.5. The molecule has 0 unspecified atom stereocenters. The van der Waals surface area contributed by atoms with Gasteiger partial charge in [-0.25, -0.2) is 4.39 Å². The molecule has 1 aliphatic rings. The maximum atomic E-state index is 13.1. The third-order valence-corrected chi connectivity index (χ3v) is 5.34. The van der Waals surface area contributed by atoms with Crippen molar-refractivity contribution in [3.05, 3.63) is 89.7 Å². The Labute approximate surface area is 185 Å². The molecule has 162 valence electrons. The topological polar surface area (TPSA) is 78.5 Å². The van der Waals surface area contributed by atoms with Crippen LogP contribution >= 0.6 is 0 Å².